The van der Waals surface area contributed by atoms with Crippen molar-refractivity contribution in [1.29, 1.82) is 0 Å². The molecular weight excluding hydrogens is 568 g/mol. The van der Waals surface area contributed by atoms with Crippen molar-refractivity contribution in [3.8, 4) is 0 Å². The second-order valence-corrected chi connectivity index (χ2v) is 14.0. The minimum absolute atomic E-state index is 0.0209. The number of ketones is 1. The lowest BCUT2D eigenvalue weighted by molar-refractivity contribution is -0.167. The first kappa shape index (κ1) is 30.3. The van der Waals surface area contributed by atoms with Crippen LogP contribution in [0.5, 0.6) is 0 Å². The van der Waals surface area contributed by atoms with E-state index >= 15 is 0 Å². The minimum Gasteiger partial charge on any atom is -0.455 e. The van der Waals surface area contributed by atoms with Crippen molar-refractivity contribution in [2.45, 2.75) is 96.5 Å². The van der Waals surface area contributed by atoms with Crippen LogP contribution in [0.15, 0.2) is 90.0 Å². The standard InChI is InChI=1S/C38H42O7/c1-22-27(39)21-38-33(44-35(45-38)26-15-11-8-12-16-26)31-23(2)28(43-29(40)18-17-25-13-9-7-10-14-25)19-20-37(31,6)34-32(41-24(3)42-34)30(22)36(38,4)5/h7-18,24,28,31-35H,2,19-21H2,1,3-6H3/b18-17+/t24-,28+,31+,32-,33+,34+,35+,37-,38-/m1/s1. The van der Waals surface area contributed by atoms with Crippen LogP contribution in [0.2, 0.25) is 0 Å². The van der Waals surface area contributed by atoms with E-state index < -0.39 is 53.3 Å². The molecule has 7 nitrogen and oxygen atoms in total. The Labute approximate surface area is 265 Å². The van der Waals surface area contributed by atoms with Crippen LogP contribution in [-0.4, -0.2) is 48.1 Å². The first-order valence-electron chi connectivity index (χ1n) is 16.0. The molecule has 0 unspecified atom stereocenters. The largest absolute Gasteiger partial charge is 0.455 e. The van der Waals surface area contributed by atoms with Crippen molar-refractivity contribution in [3.05, 3.63) is 101 Å². The first-order valence-corrected chi connectivity index (χ1v) is 16.0. The first-order chi connectivity index (χ1) is 21.5. The fourth-order valence-corrected chi connectivity index (χ4v) is 8.90. The summed E-state index contributed by atoms with van der Waals surface area (Å²) in [5, 5.41) is 0. The van der Waals surface area contributed by atoms with Crippen LogP contribution in [0.4, 0.5) is 0 Å². The number of fused-ring (bicyclic) bond motifs is 6. The molecule has 0 aromatic heterocycles. The van der Waals surface area contributed by atoms with Crippen molar-refractivity contribution in [1.82, 2.24) is 0 Å². The predicted octanol–water partition coefficient (Wildman–Crippen LogP) is 6.90. The van der Waals surface area contributed by atoms with Gasteiger partial charge in [0.25, 0.3) is 0 Å². The molecular formula is C38H42O7. The summed E-state index contributed by atoms with van der Waals surface area (Å²) in [7, 11) is 0. The van der Waals surface area contributed by atoms with Gasteiger partial charge < -0.3 is 23.7 Å². The molecule has 0 radical (unpaired) electrons. The van der Waals surface area contributed by atoms with Crippen LogP contribution in [0, 0.1) is 16.7 Å². The molecule has 45 heavy (non-hydrogen) atoms. The molecule has 2 heterocycles. The third-order valence-electron chi connectivity index (χ3n) is 11.2. The maximum Gasteiger partial charge on any atom is 0.331 e. The number of Topliss-reactive ketones (excluding diaryl/α,β-unsaturated/α-hetero) is 1. The quantitative estimate of drug-likeness (QED) is 0.212. The van der Waals surface area contributed by atoms with E-state index in [9.17, 15) is 9.59 Å². The molecule has 9 atom stereocenters. The number of ether oxygens (including phenoxy) is 5. The van der Waals surface area contributed by atoms with Gasteiger partial charge in [-0.2, -0.15) is 0 Å². The van der Waals surface area contributed by atoms with Crippen LogP contribution in [0.25, 0.3) is 6.08 Å². The molecule has 4 fully saturated rings. The molecule has 236 valence electrons. The third kappa shape index (κ3) is 4.62. The van der Waals surface area contributed by atoms with E-state index in [0.29, 0.717) is 12.8 Å². The number of hydrogen-bond donors (Lipinski definition) is 0. The number of rotatable bonds is 4. The second kappa shape index (κ2) is 10.9. The number of carbonyl (C=O) groups excluding carboxylic acids is 2. The van der Waals surface area contributed by atoms with Gasteiger partial charge in [-0.05, 0) is 55.0 Å². The molecule has 0 N–H and O–H groups in total. The Balaban J connectivity index is 1.33. The van der Waals surface area contributed by atoms with Crippen LogP contribution in [-0.2, 0) is 33.3 Å². The lowest BCUT2D eigenvalue weighted by atomic mass is 9.48. The van der Waals surface area contributed by atoms with E-state index in [4.69, 9.17) is 23.7 Å². The summed E-state index contributed by atoms with van der Waals surface area (Å²) >= 11 is 0. The van der Waals surface area contributed by atoms with Crippen molar-refractivity contribution >= 4 is 17.8 Å². The lowest BCUT2D eigenvalue weighted by Gasteiger charge is -2.60. The molecule has 2 aromatic carbocycles. The molecule has 5 aliphatic rings. The number of allylic oxidation sites excluding steroid dienone is 1. The Morgan fingerprint density at radius 1 is 0.978 bits per heavy atom. The normalized spacial score (nSPS) is 38.7. The third-order valence-corrected chi connectivity index (χ3v) is 11.2. The summed E-state index contributed by atoms with van der Waals surface area (Å²) in [4.78, 5) is 27.1. The highest BCUT2D eigenvalue weighted by Crippen LogP contribution is 2.67. The van der Waals surface area contributed by atoms with E-state index in [1.807, 2.05) is 74.5 Å². The molecule has 2 aliphatic heterocycles. The van der Waals surface area contributed by atoms with Gasteiger partial charge in [-0.1, -0.05) is 88.0 Å². The molecule has 3 aliphatic carbocycles. The van der Waals surface area contributed by atoms with E-state index in [2.05, 4.69) is 27.4 Å². The summed E-state index contributed by atoms with van der Waals surface area (Å²) in [5.74, 6) is -0.766. The molecule has 2 saturated carbocycles. The van der Waals surface area contributed by atoms with Gasteiger partial charge >= 0.3 is 5.97 Å². The van der Waals surface area contributed by atoms with Gasteiger partial charge in [-0.25, -0.2) is 4.79 Å². The topological polar surface area (TPSA) is 80.3 Å². The Morgan fingerprint density at radius 2 is 1.67 bits per heavy atom. The van der Waals surface area contributed by atoms with Crippen LogP contribution in [0.1, 0.15) is 71.3 Å². The summed E-state index contributed by atoms with van der Waals surface area (Å²) < 4.78 is 33.4. The van der Waals surface area contributed by atoms with Gasteiger partial charge in [0.05, 0.1) is 12.2 Å². The Kier molecular flexibility index (Phi) is 7.32. The fourth-order valence-electron chi connectivity index (χ4n) is 8.90. The molecule has 2 saturated heterocycles. The highest BCUT2D eigenvalue weighted by molar-refractivity contribution is 5.98. The summed E-state index contributed by atoms with van der Waals surface area (Å²) in [6.07, 6.45) is 1.60. The van der Waals surface area contributed by atoms with Gasteiger partial charge in [-0.15, -0.1) is 0 Å². The molecule has 0 amide bonds. The average Bonchev–Trinajstić information content (AvgIpc) is 3.59. The lowest BCUT2D eigenvalue weighted by Crippen LogP contribution is -2.68. The van der Waals surface area contributed by atoms with Gasteiger partial charge in [0.15, 0.2) is 18.4 Å². The van der Waals surface area contributed by atoms with Crippen molar-refractivity contribution < 1.29 is 33.3 Å². The van der Waals surface area contributed by atoms with Crippen LogP contribution < -0.4 is 0 Å². The number of esters is 1. The van der Waals surface area contributed by atoms with E-state index in [1.54, 1.807) is 6.08 Å². The zero-order valence-corrected chi connectivity index (χ0v) is 26.7. The zero-order valence-electron chi connectivity index (χ0n) is 26.7. The number of hydrogen-bond acceptors (Lipinski definition) is 7. The maximum absolute atomic E-state index is 13.9. The Bertz CT molecular complexity index is 1580. The van der Waals surface area contributed by atoms with Gasteiger partial charge in [0.1, 0.15) is 17.8 Å². The fraction of sp³-hybridized carbons (Fsp3) is 0.474. The van der Waals surface area contributed by atoms with Gasteiger partial charge in [-0.3, -0.25) is 4.79 Å². The summed E-state index contributed by atoms with van der Waals surface area (Å²) in [5.41, 5.74) is 2.02. The second-order valence-electron chi connectivity index (χ2n) is 14.0. The predicted molar refractivity (Wildman–Crippen MR) is 169 cm³/mol. The zero-order chi connectivity index (χ0) is 31.7. The van der Waals surface area contributed by atoms with E-state index in [1.165, 1.54) is 6.08 Å². The number of carbonyl (C=O) groups is 2. The summed E-state index contributed by atoms with van der Waals surface area (Å²) in [6.45, 7) is 14.9. The van der Waals surface area contributed by atoms with Crippen molar-refractivity contribution in [2.75, 3.05) is 0 Å². The van der Waals surface area contributed by atoms with Gasteiger partial charge in [0.2, 0.25) is 0 Å². The minimum atomic E-state index is -1.02. The number of benzene rings is 2. The Hall–Kier alpha value is -3.36. The van der Waals surface area contributed by atoms with Crippen molar-refractivity contribution in [3.63, 3.8) is 0 Å². The van der Waals surface area contributed by atoms with Crippen LogP contribution >= 0.6 is 0 Å². The monoisotopic (exact) mass is 610 g/mol. The smallest absolute Gasteiger partial charge is 0.331 e. The van der Waals surface area contributed by atoms with E-state index in [-0.39, 0.29) is 24.2 Å². The molecule has 7 rings (SSSR count). The van der Waals surface area contributed by atoms with Crippen molar-refractivity contribution in [2.24, 2.45) is 16.7 Å². The van der Waals surface area contributed by atoms with Crippen LogP contribution in [0.3, 0.4) is 0 Å². The maximum atomic E-state index is 13.9. The summed E-state index contributed by atoms with van der Waals surface area (Å²) in [6, 6.07) is 19.5. The molecule has 7 heteroatoms. The van der Waals surface area contributed by atoms with Gasteiger partial charge in [0, 0.05) is 34.8 Å². The Morgan fingerprint density at radius 3 is 2.38 bits per heavy atom. The average molecular weight is 611 g/mol. The molecule has 2 aromatic rings. The molecule has 1 spiro atoms. The van der Waals surface area contributed by atoms with E-state index in [0.717, 1.165) is 27.8 Å². The highest BCUT2D eigenvalue weighted by atomic mass is 16.7. The SMILES string of the molecule is C=C1[C@@H](OC(=O)/C=C/c2ccccc2)CC[C@@]2(C)[C@H]3O[C@H](C)O[C@@H]3C3=C(C)C(=O)C[C@]4(O[C@@H](c5ccccc5)O[C@H]4[C@H]12)C3(C)C. The molecule has 2 bridgehead atoms. The highest BCUT2D eigenvalue weighted by Gasteiger charge is 2.72.